The molecule has 3 rings (SSSR count). The maximum atomic E-state index is 9.82. The smallest absolute Gasteiger partial charge is 0.214 e. The van der Waals surface area contributed by atoms with Crippen molar-refractivity contribution in [2.45, 2.75) is 61.2 Å². The molecule has 1 N–H and O–H groups in total. The highest BCUT2D eigenvalue weighted by atomic mass is 32.2. The zero-order valence-electron chi connectivity index (χ0n) is 12.1. The average Bonchev–Trinajstić information content (AvgIpc) is 3.18. The average molecular weight is 304 g/mol. The van der Waals surface area contributed by atoms with Crippen LogP contribution in [0.1, 0.15) is 56.7 Å². The van der Waals surface area contributed by atoms with Crippen LogP contribution < -0.4 is 0 Å². The largest absolute Gasteiger partial charge is 0.388 e. The minimum absolute atomic E-state index is 0.382. The maximum absolute atomic E-state index is 9.82. The van der Waals surface area contributed by atoms with Crippen LogP contribution in [0.5, 0.6) is 0 Å². The van der Waals surface area contributed by atoms with E-state index in [2.05, 4.69) is 15.5 Å². The molecule has 0 aliphatic heterocycles. The Bertz CT molecular complexity index is 578. The second kappa shape index (κ2) is 6.58. The van der Waals surface area contributed by atoms with E-state index in [4.69, 9.17) is 0 Å². The van der Waals surface area contributed by atoms with E-state index in [1.165, 1.54) is 25.7 Å². The van der Waals surface area contributed by atoms with Crippen LogP contribution >= 0.6 is 11.8 Å². The molecule has 112 valence electrons. The van der Waals surface area contributed by atoms with E-state index >= 15 is 0 Å². The van der Waals surface area contributed by atoms with Gasteiger partial charge in [0.05, 0.1) is 12.1 Å². The van der Waals surface area contributed by atoms with Crippen LogP contribution in [0.15, 0.2) is 34.3 Å². The summed E-state index contributed by atoms with van der Waals surface area (Å²) in [7, 11) is 0. The van der Waals surface area contributed by atoms with Gasteiger partial charge in [-0.05, 0) is 59.1 Å². The first kappa shape index (κ1) is 14.5. The molecule has 2 aromatic rings. The summed E-state index contributed by atoms with van der Waals surface area (Å²) < 4.78 is 1.96. The second-order valence-electron chi connectivity index (χ2n) is 5.44. The Morgan fingerprint density at radius 3 is 2.67 bits per heavy atom. The van der Waals surface area contributed by atoms with Gasteiger partial charge in [0, 0.05) is 4.90 Å². The summed E-state index contributed by atoms with van der Waals surface area (Å²) in [6.07, 6.45) is 5.21. The number of benzene rings is 1. The van der Waals surface area contributed by atoms with Crippen molar-refractivity contribution in [3.05, 3.63) is 29.8 Å². The van der Waals surface area contributed by atoms with Crippen LogP contribution in [0.4, 0.5) is 0 Å². The maximum Gasteiger partial charge on any atom is 0.214 e. The zero-order chi connectivity index (χ0) is 14.7. The Labute approximate surface area is 128 Å². The molecule has 0 amide bonds. The third kappa shape index (κ3) is 3.27. The van der Waals surface area contributed by atoms with Gasteiger partial charge in [-0.1, -0.05) is 31.9 Å². The number of aromatic nitrogens is 4. The lowest BCUT2D eigenvalue weighted by molar-refractivity contribution is 0.173. The third-order valence-electron chi connectivity index (χ3n) is 3.99. The van der Waals surface area contributed by atoms with Gasteiger partial charge in [0.25, 0.3) is 0 Å². The quantitative estimate of drug-likeness (QED) is 0.917. The minimum Gasteiger partial charge on any atom is -0.388 e. The van der Waals surface area contributed by atoms with Crippen molar-refractivity contribution in [3.63, 3.8) is 0 Å². The van der Waals surface area contributed by atoms with Gasteiger partial charge in [-0.2, -0.15) is 0 Å². The Balaban J connectivity index is 1.73. The van der Waals surface area contributed by atoms with Crippen LogP contribution in [0.2, 0.25) is 0 Å². The minimum atomic E-state index is -0.382. The summed E-state index contributed by atoms with van der Waals surface area (Å²) in [4.78, 5) is 1.09. The lowest BCUT2D eigenvalue weighted by Gasteiger charge is -2.11. The fourth-order valence-corrected chi connectivity index (χ4v) is 3.57. The Morgan fingerprint density at radius 2 is 2.00 bits per heavy atom. The summed E-state index contributed by atoms with van der Waals surface area (Å²) >= 11 is 1.58. The number of aliphatic hydroxyl groups is 1. The van der Waals surface area contributed by atoms with Crippen molar-refractivity contribution in [2.75, 3.05) is 0 Å². The summed E-state index contributed by atoms with van der Waals surface area (Å²) in [5.74, 6) is 0. The number of nitrogens with zero attached hydrogens (tertiary/aromatic N) is 4. The van der Waals surface area contributed by atoms with Gasteiger partial charge in [-0.15, -0.1) is 5.10 Å². The van der Waals surface area contributed by atoms with Crippen LogP contribution in [0.3, 0.4) is 0 Å². The molecule has 0 bridgehead atoms. The van der Waals surface area contributed by atoms with Crippen molar-refractivity contribution in [1.29, 1.82) is 0 Å². The van der Waals surface area contributed by atoms with Gasteiger partial charge in [0.2, 0.25) is 5.16 Å². The Morgan fingerprint density at radius 1 is 1.29 bits per heavy atom. The molecular weight excluding hydrogens is 284 g/mol. The molecule has 5 nitrogen and oxygen atoms in total. The number of hydrogen-bond donors (Lipinski definition) is 1. The standard InChI is InChI=1S/C15H20N4OS/c1-2-14(20)11-7-9-13(10-8-11)21-15-16-17-18-19(15)12-5-3-4-6-12/h7-10,12,14,20H,2-6H2,1H3/t14-/m1/s1. The van der Waals surface area contributed by atoms with Crippen LogP contribution in [0, 0.1) is 0 Å². The normalized spacial score (nSPS) is 17.2. The Kier molecular flexibility index (Phi) is 4.55. The fourth-order valence-electron chi connectivity index (χ4n) is 2.73. The predicted octanol–water partition coefficient (Wildman–Crippen LogP) is 3.38. The van der Waals surface area contributed by atoms with E-state index < -0.39 is 0 Å². The molecule has 0 radical (unpaired) electrons. The highest BCUT2D eigenvalue weighted by Gasteiger charge is 2.21. The third-order valence-corrected chi connectivity index (χ3v) is 4.95. The topological polar surface area (TPSA) is 63.8 Å². The van der Waals surface area contributed by atoms with Crippen molar-refractivity contribution < 1.29 is 5.11 Å². The summed E-state index contributed by atoms with van der Waals surface area (Å²) in [5, 5.41) is 22.8. The number of rotatable bonds is 5. The van der Waals surface area contributed by atoms with Crippen LogP contribution in [-0.2, 0) is 0 Å². The monoisotopic (exact) mass is 304 g/mol. The van der Waals surface area contributed by atoms with Gasteiger partial charge in [-0.25, -0.2) is 4.68 Å². The molecule has 1 saturated carbocycles. The predicted molar refractivity (Wildman–Crippen MR) is 81.1 cm³/mol. The first-order valence-corrected chi connectivity index (χ1v) is 8.33. The molecule has 21 heavy (non-hydrogen) atoms. The van der Waals surface area contributed by atoms with E-state index in [0.717, 1.165) is 22.0 Å². The van der Waals surface area contributed by atoms with Crippen LogP contribution in [0.25, 0.3) is 0 Å². The second-order valence-corrected chi connectivity index (χ2v) is 6.48. The van der Waals surface area contributed by atoms with Gasteiger partial charge in [0.15, 0.2) is 0 Å². The van der Waals surface area contributed by atoms with Gasteiger partial charge in [0.1, 0.15) is 0 Å². The molecule has 1 fully saturated rings. The van der Waals surface area contributed by atoms with Gasteiger partial charge in [-0.3, -0.25) is 0 Å². The van der Waals surface area contributed by atoms with Crippen molar-refractivity contribution in [3.8, 4) is 0 Å². The molecule has 1 atom stereocenters. The van der Waals surface area contributed by atoms with Crippen molar-refractivity contribution in [2.24, 2.45) is 0 Å². The first-order valence-electron chi connectivity index (χ1n) is 7.51. The fraction of sp³-hybridized carbons (Fsp3) is 0.533. The van der Waals surface area contributed by atoms with E-state index in [-0.39, 0.29) is 6.10 Å². The SMILES string of the molecule is CC[C@@H](O)c1ccc(Sc2nnnn2C2CCCC2)cc1. The molecule has 1 aliphatic carbocycles. The highest BCUT2D eigenvalue weighted by Crippen LogP contribution is 2.34. The first-order chi connectivity index (χ1) is 10.3. The summed E-state index contributed by atoms with van der Waals surface area (Å²) in [5.41, 5.74) is 0.956. The van der Waals surface area contributed by atoms with E-state index in [1.54, 1.807) is 11.8 Å². The molecule has 1 aliphatic rings. The lowest BCUT2D eigenvalue weighted by Crippen LogP contribution is -2.08. The van der Waals surface area contributed by atoms with E-state index in [9.17, 15) is 5.11 Å². The van der Waals surface area contributed by atoms with Crippen molar-refractivity contribution >= 4 is 11.8 Å². The molecule has 0 unspecified atom stereocenters. The van der Waals surface area contributed by atoms with E-state index in [0.29, 0.717) is 6.04 Å². The van der Waals surface area contributed by atoms with Gasteiger partial charge < -0.3 is 5.11 Å². The van der Waals surface area contributed by atoms with E-state index in [1.807, 2.05) is 35.9 Å². The van der Waals surface area contributed by atoms with Crippen LogP contribution in [-0.4, -0.2) is 25.3 Å². The molecule has 1 heterocycles. The number of aliphatic hydroxyl groups excluding tert-OH is 1. The zero-order valence-corrected chi connectivity index (χ0v) is 13.0. The molecule has 0 spiro atoms. The summed E-state index contributed by atoms with van der Waals surface area (Å²) in [6.45, 7) is 1.98. The van der Waals surface area contributed by atoms with Crippen molar-refractivity contribution in [1.82, 2.24) is 20.2 Å². The molecule has 1 aromatic carbocycles. The van der Waals surface area contributed by atoms with Gasteiger partial charge >= 0.3 is 0 Å². The molecule has 6 heteroatoms. The summed E-state index contributed by atoms with van der Waals surface area (Å²) in [6, 6.07) is 8.43. The highest BCUT2D eigenvalue weighted by molar-refractivity contribution is 7.99. The number of hydrogen-bond acceptors (Lipinski definition) is 5. The molecule has 0 saturated heterocycles. The molecular formula is C15H20N4OS. The molecule has 1 aromatic heterocycles. The Hall–Kier alpha value is -1.40. The lowest BCUT2D eigenvalue weighted by atomic mass is 10.1. The number of tetrazole rings is 1.